The fourth-order valence-electron chi connectivity index (χ4n) is 2.28. The van der Waals surface area contributed by atoms with Gasteiger partial charge in [-0.1, -0.05) is 5.16 Å². The van der Waals surface area contributed by atoms with E-state index in [9.17, 15) is 4.79 Å². The van der Waals surface area contributed by atoms with E-state index in [1.54, 1.807) is 50.2 Å². The van der Waals surface area contributed by atoms with Crippen molar-refractivity contribution in [3.63, 3.8) is 0 Å². The van der Waals surface area contributed by atoms with Crippen LogP contribution >= 0.6 is 0 Å². The number of hydrogen-bond acceptors (Lipinski definition) is 7. The van der Waals surface area contributed by atoms with Gasteiger partial charge in [-0.25, -0.2) is 9.97 Å². The molecule has 0 radical (unpaired) electrons. The maximum atomic E-state index is 12.5. The van der Waals surface area contributed by atoms with Crippen LogP contribution in [0.1, 0.15) is 28.9 Å². The number of amides is 1. The number of aryl methyl sites for hydroxylation is 2. The second-order valence-corrected chi connectivity index (χ2v) is 5.58. The maximum absolute atomic E-state index is 12.5. The van der Waals surface area contributed by atoms with Gasteiger partial charge in [-0.3, -0.25) is 4.79 Å². The second-order valence-electron chi connectivity index (χ2n) is 5.58. The fraction of sp³-hybridized carbons (Fsp3) is 0.222. The highest BCUT2D eigenvalue weighted by molar-refractivity contribution is 6.03. The van der Waals surface area contributed by atoms with Crippen LogP contribution in [0, 0.1) is 13.8 Å². The Morgan fingerprint density at radius 1 is 1.15 bits per heavy atom. The summed E-state index contributed by atoms with van der Waals surface area (Å²) >= 11 is 0. The molecule has 0 aliphatic heterocycles. The number of benzene rings is 1. The lowest BCUT2D eigenvalue weighted by molar-refractivity contribution is 0.102. The molecule has 0 aliphatic rings. The zero-order valence-electron chi connectivity index (χ0n) is 14.7. The number of nitrogens with zero attached hydrogens (tertiary/aromatic N) is 3. The molecule has 0 aliphatic carbocycles. The van der Waals surface area contributed by atoms with E-state index in [2.05, 4.69) is 25.8 Å². The molecule has 0 saturated carbocycles. The number of ether oxygens (including phenoxy) is 1. The Hall–Kier alpha value is -3.42. The minimum Gasteiger partial charge on any atom is -0.494 e. The van der Waals surface area contributed by atoms with E-state index in [0.717, 1.165) is 5.75 Å². The summed E-state index contributed by atoms with van der Waals surface area (Å²) in [6, 6.07) is 10.5. The van der Waals surface area contributed by atoms with Crippen molar-refractivity contribution in [1.29, 1.82) is 0 Å². The van der Waals surface area contributed by atoms with E-state index in [1.165, 1.54) is 0 Å². The molecule has 3 aromatic rings. The van der Waals surface area contributed by atoms with Crippen molar-refractivity contribution in [2.45, 2.75) is 20.8 Å². The van der Waals surface area contributed by atoms with Crippen molar-refractivity contribution in [2.24, 2.45) is 0 Å². The quantitative estimate of drug-likeness (QED) is 0.699. The van der Waals surface area contributed by atoms with E-state index in [-0.39, 0.29) is 17.5 Å². The van der Waals surface area contributed by atoms with Gasteiger partial charge in [-0.05, 0) is 51.1 Å². The average Bonchev–Trinajstić information content (AvgIpc) is 3.01. The molecule has 0 spiro atoms. The van der Waals surface area contributed by atoms with Crippen LogP contribution < -0.4 is 15.4 Å². The molecule has 2 N–H and O–H groups in total. The Bertz CT molecular complexity index is 905. The molecule has 0 saturated heterocycles. The lowest BCUT2D eigenvalue weighted by Gasteiger charge is -2.08. The number of carbonyl (C=O) groups is 1. The first-order valence-corrected chi connectivity index (χ1v) is 8.13. The highest BCUT2D eigenvalue weighted by atomic mass is 16.5. The minimum absolute atomic E-state index is 0.245. The third-order valence-electron chi connectivity index (χ3n) is 3.38. The molecule has 0 atom stereocenters. The average molecular weight is 353 g/mol. The molecule has 2 heterocycles. The molecule has 0 fully saturated rings. The first-order valence-electron chi connectivity index (χ1n) is 8.13. The van der Waals surface area contributed by atoms with Crippen LogP contribution in [0.3, 0.4) is 0 Å². The first kappa shape index (κ1) is 17.4. The molecule has 0 bridgehead atoms. The monoisotopic (exact) mass is 353 g/mol. The van der Waals surface area contributed by atoms with Crippen LogP contribution in [0.5, 0.6) is 5.75 Å². The highest BCUT2D eigenvalue weighted by Gasteiger charge is 2.12. The van der Waals surface area contributed by atoms with E-state index in [4.69, 9.17) is 9.26 Å². The summed E-state index contributed by atoms with van der Waals surface area (Å²) in [6.07, 6.45) is 0. The highest BCUT2D eigenvalue weighted by Crippen LogP contribution is 2.17. The second kappa shape index (κ2) is 7.64. The van der Waals surface area contributed by atoms with Crippen molar-refractivity contribution in [3.05, 3.63) is 53.5 Å². The van der Waals surface area contributed by atoms with Crippen LogP contribution in [0.2, 0.25) is 0 Å². The van der Waals surface area contributed by atoms with Gasteiger partial charge in [0, 0.05) is 17.4 Å². The van der Waals surface area contributed by atoms with Crippen LogP contribution in [-0.4, -0.2) is 27.6 Å². The normalized spacial score (nSPS) is 10.4. The van der Waals surface area contributed by atoms with Gasteiger partial charge >= 0.3 is 0 Å². The van der Waals surface area contributed by atoms with Gasteiger partial charge in [0.05, 0.1) is 6.61 Å². The number of carbonyl (C=O) groups excluding carboxylic acids is 1. The largest absolute Gasteiger partial charge is 0.494 e. The minimum atomic E-state index is -0.334. The number of rotatable bonds is 6. The summed E-state index contributed by atoms with van der Waals surface area (Å²) in [6.45, 7) is 6.07. The van der Waals surface area contributed by atoms with Crippen LogP contribution in [0.25, 0.3) is 0 Å². The number of anilines is 3. The summed E-state index contributed by atoms with van der Waals surface area (Å²) in [5, 5.41) is 9.55. The summed E-state index contributed by atoms with van der Waals surface area (Å²) in [7, 11) is 0. The van der Waals surface area contributed by atoms with Crippen molar-refractivity contribution in [2.75, 3.05) is 17.2 Å². The third kappa shape index (κ3) is 4.35. The van der Waals surface area contributed by atoms with Gasteiger partial charge in [0.25, 0.3) is 5.91 Å². The van der Waals surface area contributed by atoms with Crippen molar-refractivity contribution in [3.8, 4) is 5.75 Å². The lowest BCUT2D eigenvalue weighted by Crippen LogP contribution is -2.15. The standard InChI is InChI=1S/C18H19N5O3/c1-4-25-14-7-5-13(6-8-14)20-17(24)15-9-11(2)19-18(21-15)22-16-10-12(3)26-23-16/h5-10H,4H2,1-3H3,(H,20,24)(H,19,21,22,23). The van der Waals surface area contributed by atoms with Gasteiger partial charge in [0.1, 0.15) is 17.2 Å². The molecule has 8 nitrogen and oxygen atoms in total. The van der Waals surface area contributed by atoms with Gasteiger partial charge in [0.15, 0.2) is 5.82 Å². The van der Waals surface area contributed by atoms with Gasteiger partial charge in [-0.15, -0.1) is 0 Å². The molecule has 3 rings (SSSR count). The molecule has 26 heavy (non-hydrogen) atoms. The topological polar surface area (TPSA) is 102 Å². The Balaban J connectivity index is 1.74. The van der Waals surface area contributed by atoms with Gasteiger partial charge < -0.3 is 19.9 Å². The SMILES string of the molecule is CCOc1ccc(NC(=O)c2cc(C)nc(Nc3cc(C)on3)n2)cc1. The molecular formula is C18H19N5O3. The predicted octanol–water partition coefficient (Wildman–Crippen LogP) is 3.48. The Morgan fingerprint density at radius 3 is 2.58 bits per heavy atom. The summed E-state index contributed by atoms with van der Waals surface area (Å²) in [4.78, 5) is 21.0. The van der Waals surface area contributed by atoms with E-state index < -0.39 is 0 Å². The van der Waals surface area contributed by atoms with E-state index in [0.29, 0.717) is 29.6 Å². The number of nitrogens with one attached hydrogen (secondary N) is 2. The molecular weight excluding hydrogens is 334 g/mol. The maximum Gasteiger partial charge on any atom is 0.274 e. The van der Waals surface area contributed by atoms with Crippen LogP contribution in [-0.2, 0) is 0 Å². The van der Waals surface area contributed by atoms with Gasteiger partial charge in [-0.2, -0.15) is 0 Å². The van der Waals surface area contributed by atoms with Crippen LogP contribution in [0.15, 0.2) is 40.9 Å². The molecule has 1 aromatic carbocycles. The third-order valence-corrected chi connectivity index (χ3v) is 3.38. The summed E-state index contributed by atoms with van der Waals surface area (Å²) in [5.41, 5.74) is 1.55. The number of aromatic nitrogens is 3. The van der Waals surface area contributed by atoms with Crippen molar-refractivity contribution >= 4 is 23.4 Å². The Morgan fingerprint density at radius 2 is 1.92 bits per heavy atom. The lowest BCUT2D eigenvalue weighted by atomic mass is 10.2. The van der Waals surface area contributed by atoms with Crippen molar-refractivity contribution < 1.29 is 14.1 Å². The molecule has 8 heteroatoms. The zero-order chi connectivity index (χ0) is 18.5. The predicted molar refractivity (Wildman–Crippen MR) is 96.9 cm³/mol. The van der Waals surface area contributed by atoms with E-state index in [1.807, 2.05) is 6.92 Å². The van der Waals surface area contributed by atoms with Crippen LogP contribution in [0.4, 0.5) is 17.5 Å². The fourth-order valence-corrected chi connectivity index (χ4v) is 2.28. The number of hydrogen-bond donors (Lipinski definition) is 2. The smallest absolute Gasteiger partial charge is 0.274 e. The van der Waals surface area contributed by atoms with E-state index >= 15 is 0 Å². The molecule has 134 valence electrons. The Kier molecular flexibility index (Phi) is 5.12. The zero-order valence-corrected chi connectivity index (χ0v) is 14.7. The van der Waals surface area contributed by atoms with Gasteiger partial charge in [0.2, 0.25) is 5.95 Å². The Labute approximate surface area is 150 Å². The summed E-state index contributed by atoms with van der Waals surface area (Å²) < 4.78 is 10.4. The first-order chi connectivity index (χ1) is 12.5. The molecule has 1 amide bonds. The summed E-state index contributed by atoms with van der Waals surface area (Å²) in [5.74, 6) is 1.83. The molecule has 2 aromatic heterocycles. The van der Waals surface area contributed by atoms with Crippen molar-refractivity contribution in [1.82, 2.24) is 15.1 Å². The molecule has 0 unspecified atom stereocenters.